The zero-order chi connectivity index (χ0) is 54.1. The molecular weight excluding hydrogens is 1000 g/mol. The van der Waals surface area contributed by atoms with Crippen LogP contribution in [0, 0.1) is 23.3 Å². The maximum Gasteiger partial charge on any atom is 0.358 e. The number of methoxy groups -OCH3 is 2. The highest BCUT2D eigenvalue weighted by molar-refractivity contribution is 5.95. The molecule has 0 bridgehead atoms. The number of piperazine rings is 2. The van der Waals surface area contributed by atoms with Crippen molar-refractivity contribution in [3.63, 3.8) is 0 Å². The van der Waals surface area contributed by atoms with E-state index in [1.807, 2.05) is 12.1 Å². The van der Waals surface area contributed by atoms with Gasteiger partial charge in [-0.2, -0.15) is 0 Å². The smallest absolute Gasteiger partial charge is 0.358 e. The molecule has 2 fully saturated rings. The van der Waals surface area contributed by atoms with Gasteiger partial charge in [-0.1, -0.05) is 58.2 Å². The lowest BCUT2D eigenvalue weighted by Gasteiger charge is -2.35. The Kier molecular flexibility index (Phi) is 16.6. The van der Waals surface area contributed by atoms with Crippen LogP contribution in [0.1, 0.15) is 59.8 Å². The number of anilines is 2. The molecule has 0 spiro atoms. The van der Waals surface area contributed by atoms with E-state index in [-0.39, 0.29) is 35.1 Å². The van der Waals surface area contributed by atoms with Crippen molar-refractivity contribution >= 4 is 45.4 Å². The van der Waals surface area contributed by atoms with E-state index in [1.54, 1.807) is 87.0 Å². The van der Waals surface area contributed by atoms with Crippen LogP contribution in [0.3, 0.4) is 0 Å². The van der Waals surface area contributed by atoms with Gasteiger partial charge in [-0.05, 0) is 146 Å². The molecule has 6 aromatic carbocycles. The first-order valence-corrected chi connectivity index (χ1v) is 26.2. The van der Waals surface area contributed by atoms with E-state index in [1.165, 1.54) is 48.5 Å². The summed E-state index contributed by atoms with van der Waals surface area (Å²) < 4.78 is 66.4. The Balaban J connectivity index is 0.745. The molecule has 404 valence electrons. The Labute approximate surface area is 449 Å². The van der Waals surface area contributed by atoms with E-state index >= 15 is 0 Å². The number of hydrogen-bond acceptors (Lipinski definition) is 12. The highest BCUT2D eigenvalue weighted by atomic mass is 19.1. The average molecular weight is 1070 g/mol. The molecule has 0 saturated carbocycles. The lowest BCUT2D eigenvalue weighted by molar-refractivity contribution is -0.142. The molecule has 78 heavy (non-hydrogen) atoms. The van der Waals surface area contributed by atoms with Crippen LogP contribution >= 0.6 is 0 Å². The Morgan fingerprint density at radius 2 is 0.795 bits per heavy atom. The predicted molar refractivity (Wildman–Crippen MR) is 290 cm³/mol. The first kappa shape index (κ1) is 53.2. The van der Waals surface area contributed by atoms with Crippen LogP contribution in [0.4, 0.5) is 29.2 Å². The fourth-order valence-corrected chi connectivity index (χ4v) is 10.6. The highest BCUT2D eigenvalue weighted by Gasteiger charge is 2.27. The molecule has 2 aliphatic heterocycles. The van der Waals surface area contributed by atoms with Crippen molar-refractivity contribution in [1.29, 1.82) is 0 Å². The van der Waals surface area contributed by atoms with E-state index < -0.39 is 11.9 Å². The van der Waals surface area contributed by atoms with E-state index in [2.05, 4.69) is 19.6 Å². The third kappa shape index (κ3) is 12.6. The van der Waals surface area contributed by atoms with Crippen LogP contribution in [0.25, 0.3) is 21.8 Å². The molecule has 0 amide bonds. The van der Waals surface area contributed by atoms with Crippen molar-refractivity contribution in [3.05, 3.63) is 191 Å². The predicted octanol–water partition coefficient (Wildman–Crippen LogP) is 9.60. The van der Waals surface area contributed by atoms with Gasteiger partial charge in [0.15, 0.2) is 11.6 Å². The average Bonchev–Trinajstić information content (AvgIpc) is 4.17. The van der Waals surface area contributed by atoms with Crippen LogP contribution in [0.2, 0.25) is 0 Å². The van der Waals surface area contributed by atoms with Gasteiger partial charge in [0.1, 0.15) is 45.8 Å². The molecule has 0 atom stereocenters. The normalized spacial score (nSPS) is 14.6. The minimum atomic E-state index is -0.863. The summed E-state index contributed by atoms with van der Waals surface area (Å²) in [7, 11) is 3.15. The molecule has 8 aromatic rings. The quantitative estimate of drug-likeness (QED) is 0.0534. The van der Waals surface area contributed by atoms with Gasteiger partial charge in [0.25, 0.3) is 0 Å². The van der Waals surface area contributed by atoms with Gasteiger partial charge in [0.2, 0.25) is 0 Å². The number of carbonyl (C=O) groups is 2. The van der Waals surface area contributed by atoms with Gasteiger partial charge in [0, 0.05) is 76.3 Å². The van der Waals surface area contributed by atoms with Crippen LogP contribution in [0.5, 0.6) is 11.5 Å². The fraction of sp³-hybridized carbons (Fsp3) is 0.300. The number of hydrogen-bond donors (Lipinski definition) is 0. The van der Waals surface area contributed by atoms with E-state index in [0.29, 0.717) is 60.3 Å². The number of aromatic nitrogens is 4. The first-order chi connectivity index (χ1) is 38.0. The zero-order valence-corrected chi connectivity index (χ0v) is 43.4. The van der Waals surface area contributed by atoms with Crippen LogP contribution < -0.4 is 28.9 Å². The molecule has 2 aromatic heterocycles. The van der Waals surface area contributed by atoms with Gasteiger partial charge in [0.05, 0.1) is 25.0 Å². The number of ether oxygens (including phenoxy) is 2. The van der Waals surface area contributed by atoms with E-state index in [9.17, 15) is 27.2 Å². The summed E-state index contributed by atoms with van der Waals surface area (Å²) in [5.74, 6) is -0.509. The Bertz CT molecular complexity index is 3040. The largest absolute Gasteiger partial charge is 0.497 e. The van der Waals surface area contributed by atoms with Gasteiger partial charge in [-0.25, -0.2) is 27.2 Å². The molecule has 2 saturated heterocycles. The minimum Gasteiger partial charge on any atom is -0.497 e. The third-order valence-corrected chi connectivity index (χ3v) is 14.7. The molecule has 0 radical (unpaired) electrons. The number of benzene rings is 6. The third-order valence-electron chi connectivity index (χ3n) is 14.7. The van der Waals surface area contributed by atoms with Crippen molar-refractivity contribution < 1.29 is 46.3 Å². The first-order valence-electron chi connectivity index (χ1n) is 26.2. The van der Waals surface area contributed by atoms with Crippen LogP contribution in [0.15, 0.2) is 146 Å². The zero-order valence-electron chi connectivity index (χ0n) is 43.4. The van der Waals surface area contributed by atoms with Gasteiger partial charge >= 0.3 is 11.9 Å². The van der Waals surface area contributed by atoms with Crippen molar-refractivity contribution in [3.8, 4) is 11.5 Å². The summed E-state index contributed by atoms with van der Waals surface area (Å²) in [6.07, 6.45) is 5.29. The maximum atomic E-state index is 13.8. The monoisotopic (exact) mass is 1060 g/mol. The fourth-order valence-electron chi connectivity index (χ4n) is 10.6. The van der Waals surface area contributed by atoms with Crippen molar-refractivity contribution in [2.24, 2.45) is 0 Å². The van der Waals surface area contributed by atoms with Crippen LogP contribution in [-0.2, 0) is 9.59 Å². The van der Waals surface area contributed by atoms with Gasteiger partial charge in [-0.15, -0.1) is 10.2 Å². The number of rotatable bonds is 20. The molecule has 0 unspecified atom stereocenters. The van der Waals surface area contributed by atoms with E-state index in [0.717, 1.165) is 120 Å². The Morgan fingerprint density at radius 3 is 1.10 bits per heavy atom. The molecule has 0 aliphatic carbocycles. The maximum absolute atomic E-state index is 13.8. The molecule has 0 N–H and O–H groups in total. The summed E-state index contributed by atoms with van der Waals surface area (Å²) in [5, 5.41) is 10.9. The SMILES string of the molecule is COc1ccc2c(c1)c(N1CCN(CCCC(c3ccc(F)cc3)c3ccc(F)cc3)CC1)nn2OC(=O)/C=C/C(=O)On1nc(N2CCN(CCCC(c3ccc(F)cc3)c3ccc(F)cc3)CC2)c2cc(OC)ccc21. The lowest BCUT2D eigenvalue weighted by Crippen LogP contribution is -2.47. The van der Waals surface area contributed by atoms with Crippen molar-refractivity contribution in [2.75, 3.05) is 89.5 Å². The van der Waals surface area contributed by atoms with Gasteiger partial charge in [-0.3, -0.25) is 9.80 Å². The highest BCUT2D eigenvalue weighted by Crippen LogP contribution is 2.35. The summed E-state index contributed by atoms with van der Waals surface area (Å²) in [6, 6.07) is 36.7. The lowest BCUT2D eigenvalue weighted by atomic mass is 9.87. The summed E-state index contributed by atoms with van der Waals surface area (Å²) in [6.45, 7) is 7.28. The second-order valence-electron chi connectivity index (χ2n) is 19.6. The second-order valence-corrected chi connectivity index (χ2v) is 19.6. The molecular formula is C60H60F4N8O6. The summed E-state index contributed by atoms with van der Waals surface area (Å²) >= 11 is 0. The molecule has 2 aliphatic rings. The van der Waals surface area contributed by atoms with Crippen molar-refractivity contribution in [2.45, 2.75) is 37.5 Å². The number of fused-ring (bicyclic) bond motifs is 2. The van der Waals surface area contributed by atoms with Crippen LogP contribution in [-0.4, -0.2) is 121 Å². The van der Waals surface area contributed by atoms with Crippen molar-refractivity contribution in [1.82, 2.24) is 29.7 Å². The van der Waals surface area contributed by atoms with E-state index in [4.69, 9.17) is 29.3 Å². The minimum absolute atomic E-state index is 0.00683. The molecule has 18 heteroatoms. The Morgan fingerprint density at radius 1 is 0.474 bits per heavy atom. The summed E-state index contributed by atoms with van der Waals surface area (Å²) in [5.41, 5.74) is 4.97. The number of halogens is 4. The molecule has 14 nitrogen and oxygen atoms in total. The molecule has 10 rings (SSSR count). The Hall–Kier alpha value is -8.22. The standard InChI is InChI=1S/C60H60F4N8O6/c1-75-49-23-25-55-53(39-49)59(69-35-31-67(32-36-69)29-3-5-51(41-7-15-45(61)16-8-41)42-9-17-46(62)18-10-42)65-71(55)77-57(73)27-28-58(74)78-72-56-26-24-50(76-2)40-54(56)60(66-72)70-37-33-68(34-38-70)30-4-6-52(43-11-19-47(63)20-12-43)44-13-21-48(64)22-14-44/h7-28,39-40,51-52H,3-6,29-38H2,1-2H3/b28-27+. The van der Waals surface area contributed by atoms with Gasteiger partial charge < -0.3 is 28.9 Å². The molecule has 4 heterocycles. The topological polar surface area (TPSA) is 120 Å². The number of nitrogens with zero attached hydrogens (tertiary/aromatic N) is 8. The number of carbonyl (C=O) groups excluding carboxylic acids is 2. The summed E-state index contributed by atoms with van der Waals surface area (Å²) in [4.78, 5) is 49.5. The second kappa shape index (κ2) is 24.4.